The van der Waals surface area contributed by atoms with Crippen molar-refractivity contribution in [2.45, 2.75) is 37.9 Å². The van der Waals surface area contributed by atoms with Gasteiger partial charge in [0.2, 0.25) is 0 Å². The van der Waals surface area contributed by atoms with Gasteiger partial charge in [-0.2, -0.15) is 8.78 Å². The zero-order chi connectivity index (χ0) is 16.7. The second kappa shape index (κ2) is 9.61. The second-order valence-electron chi connectivity index (χ2n) is 5.89. The molecule has 1 unspecified atom stereocenters. The smallest absolute Gasteiger partial charge is 0.284 e. The highest BCUT2D eigenvalue weighted by atomic mass is 32.2. The maximum Gasteiger partial charge on any atom is 0.284 e. The van der Waals surface area contributed by atoms with E-state index in [0.717, 1.165) is 45.0 Å². The average Bonchev–Trinajstić information content (AvgIpc) is 3.01. The fourth-order valence-electron chi connectivity index (χ4n) is 2.79. The molecule has 4 nitrogen and oxygen atoms in total. The SMILES string of the molecule is CCN1CCN(C(C)CNCc2ccc(CSC(F)F)o2)CC1. The molecule has 1 aliphatic heterocycles. The van der Waals surface area contributed by atoms with Gasteiger partial charge in [0.15, 0.2) is 0 Å². The third kappa shape index (κ3) is 6.41. The van der Waals surface area contributed by atoms with Crippen LogP contribution in [0.4, 0.5) is 8.78 Å². The normalized spacial score (nSPS) is 18.7. The quantitative estimate of drug-likeness (QED) is 0.742. The molecular weight excluding hydrogens is 320 g/mol. The van der Waals surface area contributed by atoms with Gasteiger partial charge in [0.05, 0.1) is 12.3 Å². The van der Waals surface area contributed by atoms with Crippen LogP contribution < -0.4 is 5.32 Å². The van der Waals surface area contributed by atoms with Crippen molar-refractivity contribution >= 4 is 11.8 Å². The Labute approximate surface area is 141 Å². The first-order valence-electron chi connectivity index (χ1n) is 8.23. The Morgan fingerprint density at radius 2 is 1.91 bits per heavy atom. The number of piperazine rings is 1. The van der Waals surface area contributed by atoms with Crippen molar-refractivity contribution in [2.75, 3.05) is 39.3 Å². The van der Waals surface area contributed by atoms with E-state index in [0.29, 0.717) is 30.1 Å². The lowest BCUT2D eigenvalue weighted by molar-refractivity contribution is 0.105. The summed E-state index contributed by atoms with van der Waals surface area (Å²) in [7, 11) is 0. The Hall–Kier alpha value is -0.630. The highest BCUT2D eigenvalue weighted by Crippen LogP contribution is 2.21. The third-order valence-corrected chi connectivity index (χ3v) is 4.99. The van der Waals surface area contributed by atoms with Gasteiger partial charge < -0.3 is 14.6 Å². The molecule has 7 heteroatoms. The molecule has 0 amide bonds. The molecule has 2 rings (SSSR count). The lowest BCUT2D eigenvalue weighted by atomic mass is 10.2. The van der Waals surface area contributed by atoms with Crippen LogP contribution in [0.5, 0.6) is 0 Å². The highest BCUT2D eigenvalue weighted by Gasteiger charge is 2.19. The summed E-state index contributed by atoms with van der Waals surface area (Å²) in [4.78, 5) is 4.98. The Morgan fingerprint density at radius 1 is 1.22 bits per heavy atom. The first-order valence-corrected chi connectivity index (χ1v) is 9.27. The number of hydrogen-bond donors (Lipinski definition) is 1. The van der Waals surface area contributed by atoms with E-state index in [2.05, 4.69) is 29.0 Å². The monoisotopic (exact) mass is 347 g/mol. The van der Waals surface area contributed by atoms with Gasteiger partial charge in [0.25, 0.3) is 5.76 Å². The maximum absolute atomic E-state index is 12.1. The molecule has 0 aliphatic carbocycles. The van der Waals surface area contributed by atoms with Gasteiger partial charge in [-0.05, 0) is 25.6 Å². The number of furan rings is 1. The number of likely N-dealkylation sites (N-methyl/N-ethyl adjacent to an activating group) is 1. The molecule has 1 saturated heterocycles. The molecule has 1 N–H and O–H groups in total. The summed E-state index contributed by atoms with van der Waals surface area (Å²) in [5.41, 5.74) is 0. The second-order valence-corrected chi connectivity index (χ2v) is 6.87. The Bertz CT molecular complexity index is 450. The van der Waals surface area contributed by atoms with Crippen molar-refractivity contribution in [2.24, 2.45) is 0 Å². The van der Waals surface area contributed by atoms with Gasteiger partial charge in [0, 0.05) is 38.8 Å². The standard InChI is InChI=1S/C16H27F2N3OS/c1-3-20-6-8-21(9-7-20)13(2)10-19-11-14-4-5-15(22-14)12-23-16(17)18/h4-5,13,16,19H,3,6-12H2,1-2H3. The van der Waals surface area contributed by atoms with Crippen molar-refractivity contribution in [3.63, 3.8) is 0 Å². The van der Waals surface area contributed by atoms with Gasteiger partial charge >= 0.3 is 0 Å². The van der Waals surface area contributed by atoms with Gasteiger partial charge in [-0.3, -0.25) is 4.90 Å². The fourth-order valence-corrected chi connectivity index (χ4v) is 3.24. The minimum absolute atomic E-state index is 0.218. The number of nitrogens with zero attached hydrogens (tertiary/aromatic N) is 2. The Kier molecular flexibility index (Phi) is 7.82. The number of hydrogen-bond acceptors (Lipinski definition) is 5. The van der Waals surface area contributed by atoms with E-state index in [4.69, 9.17) is 4.42 Å². The molecule has 23 heavy (non-hydrogen) atoms. The van der Waals surface area contributed by atoms with Crippen molar-refractivity contribution < 1.29 is 13.2 Å². The molecular formula is C16H27F2N3OS. The van der Waals surface area contributed by atoms with Crippen LogP contribution in [-0.2, 0) is 12.3 Å². The van der Waals surface area contributed by atoms with Crippen LogP contribution in [0.15, 0.2) is 16.5 Å². The molecule has 0 spiro atoms. The largest absolute Gasteiger partial charge is 0.464 e. The minimum Gasteiger partial charge on any atom is -0.464 e. The molecule has 0 radical (unpaired) electrons. The van der Waals surface area contributed by atoms with E-state index in [-0.39, 0.29) is 5.75 Å². The molecule has 0 saturated carbocycles. The molecule has 1 atom stereocenters. The van der Waals surface area contributed by atoms with Gasteiger partial charge in [-0.25, -0.2) is 0 Å². The van der Waals surface area contributed by atoms with E-state index < -0.39 is 5.76 Å². The molecule has 132 valence electrons. The average molecular weight is 347 g/mol. The maximum atomic E-state index is 12.1. The first-order chi connectivity index (χ1) is 11.1. The molecule has 0 bridgehead atoms. The highest BCUT2D eigenvalue weighted by molar-refractivity contribution is 7.98. The van der Waals surface area contributed by atoms with Crippen LogP contribution in [0.25, 0.3) is 0 Å². The van der Waals surface area contributed by atoms with Crippen LogP contribution in [0.3, 0.4) is 0 Å². The van der Waals surface area contributed by atoms with Crippen LogP contribution in [0.1, 0.15) is 25.4 Å². The van der Waals surface area contributed by atoms with Crippen molar-refractivity contribution in [3.05, 3.63) is 23.7 Å². The molecule has 1 aromatic rings. The summed E-state index contributed by atoms with van der Waals surface area (Å²) in [6, 6.07) is 4.12. The lowest BCUT2D eigenvalue weighted by Crippen LogP contribution is -2.51. The Balaban J connectivity index is 1.64. The van der Waals surface area contributed by atoms with Crippen molar-refractivity contribution in [3.8, 4) is 0 Å². The third-order valence-electron chi connectivity index (χ3n) is 4.29. The van der Waals surface area contributed by atoms with Crippen LogP contribution in [0.2, 0.25) is 0 Å². The van der Waals surface area contributed by atoms with E-state index in [1.165, 1.54) is 0 Å². The summed E-state index contributed by atoms with van der Waals surface area (Å²) >= 11 is 0.589. The number of nitrogens with one attached hydrogen (secondary N) is 1. The molecule has 1 aliphatic rings. The van der Waals surface area contributed by atoms with Gasteiger partial charge in [0.1, 0.15) is 11.5 Å². The van der Waals surface area contributed by atoms with E-state index >= 15 is 0 Å². The number of thioether (sulfide) groups is 1. The number of halogens is 2. The van der Waals surface area contributed by atoms with Crippen LogP contribution in [0, 0.1) is 0 Å². The summed E-state index contributed by atoms with van der Waals surface area (Å²) in [5, 5.41) is 3.40. The zero-order valence-corrected chi connectivity index (χ0v) is 14.7. The summed E-state index contributed by atoms with van der Waals surface area (Å²) in [6.45, 7) is 11.6. The number of alkyl halides is 2. The predicted octanol–water partition coefficient (Wildman–Crippen LogP) is 2.85. The molecule has 2 heterocycles. The molecule has 0 aromatic carbocycles. The van der Waals surface area contributed by atoms with E-state index in [9.17, 15) is 8.78 Å². The number of rotatable bonds is 9. The Morgan fingerprint density at radius 3 is 2.57 bits per heavy atom. The van der Waals surface area contributed by atoms with E-state index in [1.807, 2.05) is 6.07 Å². The predicted molar refractivity (Wildman–Crippen MR) is 90.9 cm³/mol. The lowest BCUT2D eigenvalue weighted by Gasteiger charge is -2.37. The zero-order valence-electron chi connectivity index (χ0n) is 13.9. The van der Waals surface area contributed by atoms with Crippen LogP contribution in [-0.4, -0.2) is 60.9 Å². The topological polar surface area (TPSA) is 31.6 Å². The van der Waals surface area contributed by atoms with Crippen molar-refractivity contribution in [1.82, 2.24) is 15.1 Å². The minimum atomic E-state index is -2.35. The van der Waals surface area contributed by atoms with E-state index in [1.54, 1.807) is 6.07 Å². The fraction of sp³-hybridized carbons (Fsp3) is 0.750. The first kappa shape index (κ1) is 18.7. The van der Waals surface area contributed by atoms with Gasteiger partial charge in [-0.1, -0.05) is 18.7 Å². The van der Waals surface area contributed by atoms with Gasteiger partial charge in [-0.15, -0.1) is 0 Å². The van der Waals surface area contributed by atoms with Crippen molar-refractivity contribution in [1.29, 1.82) is 0 Å². The molecule has 1 fully saturated rings. The molecule has 1 aromatic heterocycles. The summed E-state index contributed by atoms with van der Waals surface area (Å²) < 4.78 is 29.8. The summed E-state index contributed by atoms with van der Waals surface area (Å²) in [6.07, 6.45) is 0. The van der Waals surface area contributed by atoms with Crippen LogP contribution >= 0.6 is 11.8 Å². The summed E-state index contributed by atoms with van der Waals surface area (Å²) in [5.74, 6) is -0.722.